The number of nitrogens with one attached hydrogen (secondary N) is 1. The molecule has 1 N–H and O–H groups in total. The number of piperidine rings is 1. The maximum atomic E-state index is 12.4. The lowest BCUT2D eigenvalue weighted by atomic mass is 9.91. The number of likely N-dealkylation sites (tertiary alicyclic amines) is 1. The zero-order chi connectivity index (χ0) is 20.9. The zero-order valence-electron chi connectivity index (χ0n) is 16.4. The highest BCUT2D eigenvalue weighted by Crippen LogP contribution is 2.27. The number of pyridine rings is 1. The van der Waals surface area contributed by atoms with Crippen LogP contribution in [0.1, 0.15) is 18.9 Å². The summed E-state index contributed by atoms with van der Waals surface area (Å²) in [6, 6.07) is 11.2. The van der Waals surface area contributed by atoms with Crippen LogP contribution < -0.4 is 10.1 Å². The highest BCUT2D eigenvalue weighted by molar-refractivity contribution is 6.30. The first kappa shape index (κ1) is 20.0. The van der Waals surface area contributed by atoms with E-state index in [-0.39, 0.29) is 11.9 Å². The fourth-order valence-electron chi connectivity index (χ4n) is 3.34. The minimum Gasteiger partial charge on any atom is -0.439 e. The van der Waals surface area contributed by atoms with Crippen LogP contribution in [0.4, 0.5) is 10.5 Å². The molecule has 154 valence electrons. The van der Waals surface area contributed by atoms with Gasteiger partial charge in [-0.1, -0.05) is 47.5 Å². The molecule has 0 spiro atoms. The van der Waals surface area contributed by atoms with Gasteiger partial charge in [-0.25, -0.2) is 9.78 Å². The summed E-state index contributed by atoms with van der Waals surface area (Å²) in [5, 5.41) is 6.95. The van der Waals surface area contributed by atoms with E-state index >= 15 is 0 Å². The number of rotatable bonds is 4. The normalized spacial score (nSPS) is 17.7. The summed E-state index contributed by atoms with van der Waals surface area (Å²) in [4.78, 5) is 18.4. The predicted molar refractivity (Wildman–Crippen MR) is 115 cm³/mol. The molecule has 1 aliphatic rings. The Morgan fingerprint density at radius 2 is 2.23 bits per heavy atom. The van der Waals surface area contributed by atoms with Crippen molar-refractivity contribution in [3.8, 4) is 11.6 Å². The molecule has 7 nitrogen and oxygen atoms in total. The van der Waals surface area contributed by atoms with Crippen molar-refractivity contribution in [2.75, 3.05) is 18.4 Å². The van der Waals surface area contributed by atoms with Gasteiger partial charge in [-0.15, -0.1) is 0 Å². The van der Waals surface area contributed by atoms with Crippen molar-refractivity contribution in [3.63, 3.8) is 0 Å². The molecule has 8 heteroatoms. The number of amides is 2. The highest BCUT2D eigenvalue weighted by Gasteiger charge is 2.24. The van der Waals surface area contributed by atoms with Gasteiger partial charge in [0.2, 0.25) is 5.88 Å². The van der Waals surface area contributed by atoms with Crippen LogP contribution in [0.5, 0.6) is 11.6 Å². The molecule has 2 amide bonds. The average Bonchev–Trinajstić information content (AvgIpc) is 3.24. The molecular weight excluding hydrogens is 404 g/mol. The molecule has 4 rings (SSSR count). The molecule has 2 aromatic heterocycles. The molecule has 1 saturated heterocycles. The second kappa shape index (κ2) is 9.00. The van der Waals surface area contributed by atoms with Crippen molar-refractivity contribution in [1.82, 2.24) is 15.0 Å². The second-order valence-electron chi connectivity index (χ2n) is 7.15. The molecular formula is C22H21ClN4O3. The molecule has 0 saturated carbocycles. The average molecular weight is 425 g/mol. The van der Waals surface area contributed by atoms with Crippen molar-refractivity contribution < 1.29 is 14.1 Å². The summed E-state index contributed by atoms with van der Waals surface area (Å²) < 4.78 is 10.6. The number of carbonyl (C=O) groups excluding carboxylic acids is 1. The largest absolute Gasteiger partial charge is 0.439 e. The van der Waals surface area contributed by atoms with Gasteiger partial charge < -0.3 is 19.5 Å². The van der Waals surface area contributed by atoms with E-state index < -0.39 is 0 Å². The Bertz CT molecular complexity index is 1030. The summed E-state index contributed by atoms with van der Waals surface area (Å²) >= 11 is 5.87. The van der Waals surface area contributed by atoms with Gasteiger partial charge >= 0.3 is 6.03 Å². The molecule has 1 atom stereocenters. The molecule has 1 aromatic carbocycles. The number of benzene rings is 1. The quantitative estimate of drug-likeness (QED) is 0.600. The molecule has 0 radical (unpaired) electrons. The molecule has 1 fully saturated rings. The van der Waals surface area contributed by atoms with Crippen LogP contribution in [0.3, 0.4) is 0 Å². The lowest BCUT2D eigenvalue weighted by Crippen LogP contribution is -2.42. The molecule has 0 aliphatic carbocycles. The number of hydrogen-bond donors (Lipinski definition) is 1. The Morgan fingerprint density at radius 1 is 1.33 bits per heavy atom. The third-order valence-corrected chi connectivity index (χ3v) is 5.12. The fourth-order valence-corrected chi connectivity index (χ4v) is 3.45. The Morgan fingerprint density at radius 3 is 2.97 bits per heavy atom. The van der Waals surface area contributed by atoms with E-state index in [2.05, 4.69) is 28.5 Å². The molecule has 3 aromatic rings. The summed E-state index contributed by atoms with van der Waals surface area (Å²) in [7, 11) is 0. The van der Waals surface area contributed by atoms with Gasteiger partial charge in [0, 0.05) is 25.4 Å². The van der Waals surface area contributed by atoms with Crippen LogP contribution in [-0.2, 0) is 0 Å². The van der Waals surface area contributed by atoms with Gasteiger partial charge in [0.1, 0.15) is 17.7 Å². The first-order valence-corrected chi connectivity index (χ1v) is 10.00. The van der Waals surface area contributed by atoms with Gasteiger partial charge in [0.05, 0.1) is 11.2 Å². The number of halogens is 1. The van der Waals surface area contributed by atoms with Crippen molar-refractivity contribution in [2.45, 2.75) is 13.3 Å². The van der Waals surface area contributed by atoms with Crippen LogP contribution in [0, 0.1) is 5.92 Å². The van der Waals surface area contributed by atoms with Gasteiger partial charge in [0.25, 0.3) is 0 Å². The number of anilines is 1. The minimum atomic E-state index is -0.144. The Balaban J connectivity index is 1.40. The monoisotopic (exact) mass is 424 g/mol. The third-order valence-electron chi connectivity index (χ3n) is 4.90. The van der Waals surface area contributed by atoms with E-state index in [4.69, 9.17) is 20.9 Å². The zero-order valence-corrected chi connectivity index (χ0v) is 17.2. The van der Waals surface area contributed by atoms with Gasteiger partial charge in [-0.05, 0) is 36.1 Å². The maximum Gasteiger partial charge on any atom is 0.322 e. The number of ether oxygens (including phenoxy) is 1. The Kier molecular flexibility index (Phi) is 5.99. The first-order chi connectivity index (χ1) is 14.6. The third kappa shape index (κ3) is 4.99. The standard InChI is InChI=1S/C22H21ClN4O3/c1-15-13-27(22(28)26-19-12-25-29-14-19)8-7-17(15)9-16-3-2-4-20(10-16)30-21-6-5-18(23)11-24-21/h2-6,9-12,14-15H,7-8,13H2,1H3,(H,26,28)/b17-9+. The van der Waals surface area contributed by atoms with Crippen LogP contribution in [-0.4, -0.2) is 34.2 Å². The number of urea groups is 1. The molecule has 1 aliphatic heterocycles. The SMILES string of the molecule is CC1CN(C(=O)Nc2cnoc2)CC/C1=C\c1cccc(Oc2ccc(Cl)cn2)c1. The summed E-state index contributed by atoms with van der Waals surface area (Å²) in [5.74, 6) is 1.44. The van der Waals surface area contributed by atoms with E-state index in [1.165, 1.54) is 18.0 Å². The van der Waals surface area contributed by atoms with E-state index in [0.29, 0.717) is 35.4 Å². The number of hydrogen-bond acceptors (Lipinski definition) is 5. The number of carbonyl (C=O) groups is 1. The van der Waals surface area contributed by atoms with E-state index in [1.54, 1.807) is 23.2 Å². The Labute approximate surface area is 179 Å². The fraction of sp³-hybridized carbons (Fsp3) is 0.227. The lowest BCUT2D eigenvalue weighted by molar-refractivity contribution is 0.198. The summed E-state index contributed by atoms with van der Waals surface area (Å²) in [5.41, 5.74) is 2.90. The van der Waals surface area contributed by atoms with Crippen LogP contribution in [0.25, 0.3) is 6.08 Å². The number of nitrogens with zero attached hydrogens (tertiary/aromatic N) is 3. The predicted octanol–water partition coefficient (Wildman–Crippen LogP) is 5.47. The summed E-state index contributed by atoms with van der Waals surface area (Å²) in [6.45, 7) is 3.43. The van der Waals surface area contributed by atoms with Crippen molar-refractivity contribution in [1.29, 1.82) is 0 Å². The van der Waals surface area contributed by atoms with E-state index in [0.717, 1.165) is 12.0 Å². The minimum absolute atomic E-state index is 0.144. The van der Waals surface area contributed by atoms with Crippen LogP contribution >= 0.6 is 11.6 Å². The smallest absolute Gasteiger partial charge is 0.322 e. The molecule has 0 bridgehead atoms. The number of aromatic nitrogens is 2. The lowest BCUT2D eigenvalue weighted by Gasteiger charge is -2.33. The van der Waals surface area contributed by atoms with Crippen molar-refractivity contribution >= 4 is 29.4 Å². The molecule has 1 unspecified atom stereocenters. The van der Waals surface area contributed by atoms with E-state index in [1.807, 2.05) is 24.3 Å². The van der Waals surface area contributed by atoms with E-state index in [9.17, 15) is 4.79 Å². The van der Waals surface area contributed by atoms with Gasteiger partial charge in [-0.2, -0.15) is 0 Å². The van der Waals surface area contributed by atoms with Crippen LogP contribution in [0.2, 0.25) is 5.02 Å². The van der Waals surface area contributed by atoms with Crippen molar-refractivity contribution in [3.05, 3.63) is 71.2 Å². The van der Waals surface area contributed by atoms with Gasteiger partial charge in [0.15, 0.2) is 0 Å². The molecule has 3 heterocycles. The van der Waals surface area contributed by atoms with Crippen molar-refractivity contribution in [2.24, 2.45) is 5.92 Å². The van der Waals surface area contributed by atoms with Gasteiger partial charge in [-0.3, -0.25) is 0 Å². The Hall–Kier alpha value is -3.32. The molecule has 30 heavy (non-hydrogen) atoms. The highest BCUT2D eigenvalue weighted by atomic mass is 35.5. The first-order valence-electron chi connectivity index (χ1n) is 9.62. The second-order valence-corrected chi connectivity index (χ2v) is 7.59. The summed E-state index contributed by atoms with van der Waals surface area (Å²) in [6.07, 6.45) is 7.41. The van der Waals surface area contributed by atoms with Crippen LogP contribution in [0.15, 0.2) is 65.2 Å². The topological polar surface area (TPSA) is 80.5 Å². The maximum absolute atomic E-state index is 12.4.